The summed E-state index contributed by atoms with van der Waals surface area (Å²) in [5.74, 6) is 1.84. The molecular formula is C19H20N4O2. The molecule has 0 amide bonds. The monoisotopic (exact) mass is 336 g/mol. The molecule has 0 bridgehead atoms. The number of fused-ring (bicyclic) bond motifs is 2. The van der Waals surface area contributed by atoms with Crippen LogP contribution in [0.3, 0.4) is 0 Å². The van der Waals surface area contributed by atoms with E-state index in [9.17, 15) is 0 Å². The minimum absolute atomic E-state index is 0.454. The molecule has 0 saturated carbocycles. The molecule has 6 heteroatoms. The van der Waals surface area contributed by atoms with Crippen LogP contribution in [0.4, 0.5) is 5.82 Å². The molecule has 0 fully saturated rings. The lowest BCUT2D eigenvalue weighted by atomic mass is 9.87. The van der Waals surface area contributed by atoms with Gasteiger partial charge in [0, 0.05) is 11.3 Å². The molecule has 3 aromatic rings. The van der Waals surface area contributed by atoms with Crippen LogP contribution in [0.1, 0.15) is 24.1 Å². The summed E-state index contributed by atoms with van der Waals surface area (Å²) >= 11 is 0. The molecule has 0 unspecified atom stereocenters. The van der Waals surface area contributed by atoms with E-state index in [0.29, 0.717) is 23.0 Å². The molecule has 1 aromatic carbocycles. The number of hydrogen-bond acceptors (Lipinski definition) is 6. The molecule has 1 aliphatic carbocycles. The second-order valence-electron chi connectivity index (χ2n) is 6.15. The lowest BCUT2D eigenvalue weighted by molar-refractivity contribution is 0.355. The predicted molar refractivity (Wildman–Crippen MR) is 96.9 cm³/mol. The first-order chi connectivity index (χ1) is 12.2. The van der Waals surface area contributed by atoms with Crippen LogP contribution in [0, 0.1) is 0 Å². The number of ether oxygens (including phenoxy) is 2. The molecule has 2 heterocycles. The van der Waals surface area contributed by atoms with Gasteiger partial charge in [-0.3, -0.25) is 0 Å². The third kappa shape index (κ3) is 2.54. The van der Waals surface area contributed by atoms with Crippen LogP contribution in [0.5, 0.6) is 11.5 Å². The van der Waals surface area contributed by atoms with E-state index in [2.05, 4.69) is 9.97 Å². The van der Waals surface area contributed by atoms with Crippen LogP contribution < -0.4 is 15.2 Å². The Morgan fingerprint density at radius 2 is 1.80 bits per heavy atom. The molecule has 0 atom stereocenters. The van der Waals surface area contributed by atoms with Crippen LogP contribution in [-0.4, -0.2) is 29.2 Å². The van der Waals surface area contributed by atoms with Gasteiger partial charge in [-0.2, -0.15) is 0 Å². The number of nitrogens with zero attached hydrogens (tertiary/aromatic N) is 3. The van der Waals surface area contributed by atoms with Gasteiger partial charge in [0.25, 0.3) is 0 Å². The SMILES string of the molecule is COc1ccc(-c2c3c(nc4ncnc(N)c24)CCCC3)cc1OC. The second-order valence-corrected chi connectivity index (χ2v) is 6.15. The standard InChI is InChI=1S/C19H20N4O2/c1-24-14-8-7-11(9-15(14)25-2)16-12-5-3-4-6-13(12)23-19-17(16)18(20)21-10-22-19/h7-10H,3-6H2,1-2H3,(H2,20,21,22,23). The van der Waals surface area contributed by atoms with E-state index < -0.39 is 0 Å². The van der Waals surface area contributed by atoms with Crippen molar-refractivity contribution in [2.45, 2.75) is 25.7 Å². The number of anilines is 1. The van der Waals surface area contributed by atoms with Crippen LogP contribution in [-0.2, 0) is 12.8 Å². The number of nitrogen functional groups attached to an aromatic ring is 1. The zero-order valence-corrected chi connectivity index (χ0v) is 14.4. The Morgan fingerprint density at radius 3 is 2.60 bits per heavy atom. The molecule has 25 heavy (non-hydrogen) atoms. The molecule has 0 saturated heterocycles. The fraction of sp³-hybridized carbons (Fsp3) is 0.316. The molecule has 2 N–H and O–H groups in total. The van der Waals surface area contributed by atoms with Crippen LogP contribution in [0.15, 0.2) is 24.5 Å². The molecule has 0 radical (unpaired) electrons. The van der Waals surface area contributed by atoms with Crippen molar-refractivity contribution in [2.75, 3.05) is 20.0 Å². The minimum atomic E-state index is 0.454. The lowest BCUT2D eigenvalue weighted by Crippen LogP contribution is -2.10. The van der Waals surface area contributed by atoms with Gasteiger partial charge in [0.1, 0.15) is 12.1 Å². The smallest absolute Gasteiger partial charge is 0.165 e. The van der Waals surface area contributed by atoms with Gasteiger partial charge in [0.2, 0.25) is 0 Å². The Balaban J connectivity index is 2.06. The van der Waals surface area contributed by atoms with Crippen LogP contribution >= 0.6 is 0 Å². The van der Waals surface area contributed by atoms with Gasteiger partial charge in [-0.05, 0) is 48.9 Å². The Hall–Kier alpha value is -2.89. The van der Waals surface area contributed by atoms with Crippen LogP contribution in [0.25, 0.3) is 22.2 Å². The number of aryl methyl sites for hydroxylation is 1. The maximum absolute atomic E-state index is 6.21. The van der Waals surface area contributed by atoms with E-state index in [1.54, 1.807) is 14.2 Å². The van der Waals surface area contributed by atoms with Crippen molar-refractivity contribution in [1.82, 2.24) is 15.0 Å². The first kappa shape index (κ1) is 15.6. The second kappa shape index (κ2) is 6.20. The van der Waals surface area contributed by atoms with Crippen molar-refractivity contribution in [2.24, 2.45) is 0 Å². The average Bonchev–Trinajstić information content (AvgIpc) is 2.66. The first-order valence-corrected chi connectivity index (χ1v) is 8.37. The Bertz CT molecular complexity index is 956. The van der Waals surface area contributed by atoms with Crippen molar-refractivity contribution < 1.29 is 9.47 Å². The molecule has 6 nitrogen and oxygen atoms in total. The molecule has 0 aliphatic heterocycles. The summed E-state index contributed by atoms with van der Waals surface area (Å²) in [6.45, 7) is 0. The maximum atomic E-state index is 6.21. The fourth-order valence-electron chi connectivity index (χ4n) is 3.59. The summed E-state index contributed by atoms with van der Waals surface area (Å²) in [4.78, 5) is 13.3. The zero-order valence-electron chi connectivity index (χ0n) is 14.4. The number of pyridine rings is 1. The van der Waals surface area contributed by atoms with Crippen molar-refractivity contribution in [3.63, 3.8) is 0 Å². The summed E-state index contributed by atoms with van der Waals surface area (Å²) in [5.41, 5.74) is 11.3. The summed E-state index contributed by atoms with van der Waals surface area (Å²) in [6.07, 6.45) is 5.72. The van der Waals surface area contributed by atoms with Crippen molar-refractivity contribution in [3.8, 4) is 22.6 Å². The van der Waals surface area contributed by atoms with Crippen molar-refractivity contribution in [1.29, 1.82) is 0 Å². The van der Waals surface area contributed by atoms with Gasteiger partial charge in [0.05, 0.1) is 19.6 Å². The largest absolute Gasteiger partial charge is 0.493 e. The van der Waals surface area contributed by atoms with E-state index in [1.807, 2.05) is 18.2 Å². The normalized spacial score (nSPS) is 13.5. The molecular weight excluding hydrogens is 316 g/mol. The van der Waals surface area contributed by atoms with E-state index >= 15 is 0 Å². The minimum Gasteiger partial charge on any atom is -0.493 e. The highest BCUT2D eigenvalue weighted by atomic mass is 16.5. The van der Waals surface area contributed by atoms with E-state index in [-0.39, 0.29) is 0 Å². The van der Waals surface area contributed by atoms with Gasteiger partial charge in [0.15, 0.2) is 17.1 Å². The number of aromatic nitrogens is 3. The van der Waals surface area contributed by atoms with Gasteiger partial charge < -0.3 is 15.2 Å². The molecule has 1 aliphatic rings. The summed E-state index contributed by atoms with van der Waals surface area (Å²) in [5, 5.41) is 0.815. The number of nitrogens with two attached hydrogens (primary N) is 1. The third-order valence-electron chi connectivity index (χ3n) is 4.76. The fourth-order valence-corrected chi connectivity index (χ4v) is 3.59. The van der Waals surface area contributed by atoms with E-state index in [1.165, 1.54) is 11.9 Å². The first-order valence-electron chi connectivity index (χ1n) is 8.37. The Morgan fingerprint density at radius 1 is 1.00 bits per heavy atom. The van der Waals surface area contributed by atoms with Gasteiger partial charge in [-0.15, -0.1) is 0 Å². The predicted octanol–water partition coefficient (Wildman–Crippen LogP) is 3.17. The number of hydrogen-bond donors (Lipinski definition) is 1. The molecule has 2 aromatic heterocycles. The van der Waals surface area contributed by atoms with E-state index in [4.69, 9.17) is 20.2 Å². The average molecular weight is 336 g/mol. The van der Waals surface area contributed by atoms with Crippen molar-refractivity contribution >= 4 is 16.9 Å². The summed E-state index contributed by atoms with van der Waals surface area (Å²) in [7, 11) is 3.27. The van der Waals surface area contributed by atoms with Gasteiger partial charge in [-0.1, -0.05) is 6.07 Å². The third-order valence-corrected chi connectivity index (χ3v) is 4.76. The van der Waals surface area contributed by atoms with Gasteiger partial charge >= 0.3 is 0 Å². The number of methoxy groups -OCH3 is 2. The van der Waals surface area contributed by atoms with Crippen molar-refractivity contribution in [3.05, 3.63) is 35.8 Å². The topological polar surface area (TPSA) is 83.2 Å². The maximum Gasteiger partial charge on any atom is 0.165 e. The molecule has 0 spiro atoms. The summed E-state index contributed by atoms with van der Waals surface area (Å²) < 4.78 is 10.8. The highest BCUT2D eigenvalue weighted by Gasteiger charge is 2.22. The van der Waals surface area contributed by atoms with Crippen LogP contribution in [0.2, 0.25) is 0 Å². The zero-order chi connectivity index (χ0) is 17.4. The lowest BCUT2D eigenvalue weighted by Gasteiger charge is -2.21. The van der Waals surface area contributed by atoms with E-state index in [0.717, 1.165) is 47.9 Å². The number of rotatable bonds is 3. The Labute approximate surface area is 146 Å². The molecule has 4 rings (SSSR count). The highest BCUT2D eigenvalue weighted by molar-refractivity contribution is 6.01. The Kier molecular flexibility index (Phi) is 3.87. The molecule has 128 valence electrons. The quantitative estimate of drug-likeness (QED) is 0.791. The van der Waals surface area contributed by atoms with Gasteiger partial charge in [-0.25, -0.2) is 15.0 Å². The number of benzene rings is 1. The summed E-state index contributed by atoms with van der Waals surface area (Å²) in [6, 6.07) is 5.92. The highest BCUT2D eigenvalue weighted by Crippen LogP contribution is 2.40.